The zero-order valence-corrected chi connectivity index (χ0v) is 12.1. The molecule has 1 saturated heterocycles. The van der Waals surface area contributed by atoms with Crippen LogP contribution in [0.25, 0.3) is 0 Å². The highest BCUT2D eigenvalue weighted by Gasteiger charge is 2.57. The van der Waals surface area contributed by atoms with Crippen molar-refractivity contribution in [1.82, 2.24) is 10.3 Å². The Kier molecular flexibility index (Phi) is 3.35. The third kappa shape index (κ3) is 2.19. The molecule has 2 aliphatic rings. The minimum atomic E-state index is 0.230. The normalized spacial score (nSPS) is 34.2. The summed E-state index contributed by atoms with van der Waals surface area (Å²) in [5.41, 5.74) is 1.35. The summed E-state index contributed by atoms with van der Waals surface area (Å²) in [6.45, 7) is 7.78. The van der Waals surface area contributed by atoms with Crippen LogP contribution in [0.3, 0.4) is 0 Å². The first-order valence-corrected chi connectivity index (χ1v) is 7.39. The second kappa shape index (κ2) is 4.88. The standard InChI is InChI=1S/C16H24N2O/c1-11(13-8-4-5-9-17-13)18-14-12-7-6-10-19-15(12)16(14,2)3/h4-5,8-9,11-12,14-15,18H,6-7,10H2,1-3H3/t11-,12?,14?,15?/m0/s1. The van der Waals surface area contributed by atoms with Gasteiger partial charge < -0.3 is 10.1 Å². The monoisotopic (exact) mass is 260 g/mol. The molecule has 1 N–H and O–H groups in total. The molecule has 19 heavy (non-hydrogen) atoms. The third-order valence-electron chi connectivity index (χ3n) is 4.89. The minimum absolute atomic E-state index is 0.230. The van der Waals surface area contributed by atoms with Gasteiger partial charge in [0.15, 0.2) is 0 Å². The van der Waals surface area contributed by atoms with Crippen LogP contribution < -0.4 is 5.32 Å². The Morgan fingerprint density at radius 3 is 3.00 bits per heavy atom. The molecule has 2 fully saturated rings. The van der Waals surface area contributed by atoms with Crippen molar-refractivity contribution in [2.75, 3.05) is 6.61 Å². The summed E-state index contributed by atoms with van der Waals surface area (Å²) in [7, 11) is 0. The summed E-state index contributed by atoms with van der Waals surface area (Å²) in [6, 6.07) is 6.95. The Bertz CT molecular complexity index is 432. The molecule has 3 unspecified atom stereocenters. The van der Waals surface area contributed by atoms with Crippen LogP contribution in [0.4, 0.5) is 0 Å². The summed E-state index contributed by atoms with van der Waals surface area (Å²) in [4.78, 5) is 4.45. The number of hydrogen-bond donors (Lipinski definition) is 1. The van der Waals surface area contributed by atoms with E-state index in [0.29, 0.717) is 24.1 Å². The number of fused-ring (bicyclic) bond motifs is 1. The van der Waals surface area contributed by atoms with E-state index in [4.69, 9.17) is 4.74 Å². The lowest BCUT2D eigenvalue weighted by molar-refractivity contribution is -0.194. The van der Waals surface area contributed by atoms with Gasteiger partial charge in [-0.25, -0.2) is 0 Å². The molecular formula is C16H24N2O. The molecule has 1 aliphatic carbocycles. The lowest BCUT2D eigenvalue weighted by Gasteiger charge is -2.60. The predicted octanol–water partition coefficient (Wildman–Crippen LogP) is 2.94. The minimum Gasteiger partial charge on any atom is -0.377 e. The molecule has 0 radical (unpaired) electrons. The molecule has 1 saturated carbocycles. The van der Waals surface area contributed by atoms with Gasteiger partial charge in [0, 0.05) is 36.2 Å². The number of pyridine rings is 1. The molecule has 4 atom stereocenters. The first-order chi connectivity index (χ1) is 9.10. The Morgan fingerprint density at radius 2 is 2.26 bits per heavy atom. The number of aromatic nitrogens is 1. The third-order valence-corrected chi connectivity index (χ3v) is 4.89. The lowest BCUT2D eigenvalue weighted by atomic mass is 9.55. The van der Waals surface area contributed by atoms with Crippen molar-refractivity contribution in [2.24, 2.45) is 11.3 Å². The highest BCUT2D eigenvalue weighted by atomic mass is 16.5. The van der Waals surface area contributed by atoms with Gasteiger partial charge in [0.2, 0.25) is 0 Å². The summed E-state index contributed by atoms with van der Waals surface area (Å²) < 4.78 is 5.95. The zero-order valence-electron chi connectivity index (χ0n) is 12.1. The van der Waals surface area contributed by atoms with Gasteiger partial charge in [-0.2, -0.15) is 0 Å². The highest BCUT2D eigenvalue weighted by molar-refractivity contribution is 5.14. The molecule has 0 bridgehead atoms. The number of rotatable bonds is 3. The van der Waals surface area contributed by atoms with Crippen LogP contribution in [0.1, 0.15) is 45.3 Å². The van der Waals surface area contributed by atoms with Gasteiger partial charge in [0.25, 0.3) is 0 Å². The van der Waals surface area contributed by atoms with Crippen molar-refractivity contribution in [3.05, 3.63) is 30.1 Å². The number of nitrogens with one attached hydrogen (secondary N) is 1. The van der Waals surface area contributed by atoms with Gasteiger partial charge in [0.1, 0.15) is 0 Å². The summed E-state index contributed by atoms with van der Waals surface area (Å²) in [5, 5.41) is 3.78. The molecule has 1 aromatic rings. The summed E-state index contributed by atoms with van der Waals surface area (Å²) >= 11 is 0. The molecule has 3 nitrogen and oxygen atoms in total. The largest absolute Gasteiger partial charge is 0.377 e. The van der Waals surface area contributed by atoms with Gasteiger partial charge in [-0.3, -0.25) is 4.98 Å². The van der Waals surface area contributed by atoms with Gasteiger partial charge >= 0.3 is 0 Å². The van der Waals surface area contributed by atoms with Gasteiger partial charge in [-0.05, 0) is 31.9 Å². The van der Waals surface area contributed by atoms with Crippen LogP contribution in [0.2, 0.25) is 0 Å². The lowest BCUT2D eigenvalue weighted by Crippen LogP contribution is -2.69. The molecule has 0 aromatic carbocycles. The predicted molar refractivity (Wildman–Crippen MR) is 75.8 cm³/mol. The van der Waals surface area contributed by atoms with Crippen LogP contribution in [0.5, 0.6) is 0 Å². The van der Waals surface area contributed by atoms with Crippen LogP contribution in [0.15, 0.2) is 24.4 Å². The second-order valence-corrected chi connectivity index (χ2v) is 6.54. The maximum atomic E-state index is 5.95. The molecule has 3 rings (SSSR count). The first-order valence-electron chi connectivity index (χ1n) is 7.39. The van der Waals surface area contributed by atoms with Crippen LogP contribution in [-0.4, -0.2) is 23.7 Å². The fourth-order valence-corrected chi connectivity index (χ4v) is 3.85. The maximum absolute atomic E-state index is 5.95. The summed E-state index contributed by atoms with van der Waals surface area (Å²) in [5.74, 6) is 0.676. The molecule has 0 spiro atoms. The van der Waals surface area contributed by atoms with E-state index in [2.05, 4.69) is 43.2 Å². The van der Waals surface area contributed by atoms with Crippen molar-refractivity contribution in [3.63, 3.8) is 0 Å². The van der Waals surface area contributed by atoms with Crippen molar-refractivity contribution in [3.8, 4) is 0 Å². The van der Waals surface area contributed by atoms with E-state index in [1.807, 2.05) is 12.3 Å². The van der Waals surface area contributed by atoms with Crippen LogP contribution in [0, 0.1) is 11.3 Å². The number of nitrogens with zero attached hydrogens (tertiary/aromatic N) is 1. The van der Waals surface area contributed by atoms with Crippen molar-refractivity contribution < 1.29 is 4.74 Å². The van der Waals surface area contributed by atoms with Gasteiger partial charge in [-0.15, -0.1) is 0 Å². The van der Waals surface area contributed by atoms with E-state index in [1.165, 1.54) is 12.8 Å². The van der Waals surface area contributed by atoms with Gasteiger partial charge in [0.05, 0.1) is 11.8 Å². The number of ether oxygens (including phenoxy) is 1. The topological polar surface area (TPSA) is 34.1 Å². The number of hydrogen-bond acceptors (Lipinski definition) is 3. The Morgan fingerprint density at radius 1 is 1.42 bits per heavy atom. The molecule has 0 amide bonds. The van der Waals surface area contributed by atoms with Crippen molar-refractivity contribution in [2.45, 2.75) is 51.8 Å². The average molecular weight is 260 g/mol. The molecule has 104 valence electrons. The Hall–Kier alpha value is -0.930. The van der Waals surface area contributed by atoms with E-state index in [-0.39, 0.29) is 5.41 Å². The average Bonchev–Trinajstić information content (AvgIpc) is 2.45. The zero-order chi connectivity index (χ0) is 13.5. The SMILES string of the molecule is C[C@H](NC1C2CCCOC2C1(C)C)c1ccccn1. The Balaban J connectivity index is 1.69. The molecule has 1 aromatic heterocycles. The van der Waals surface area contributed by atoms with Crippen LogP contribution in [-0.2, 0) is 4.74 Å². The fourth-order valence-electron chi connectivity index (χ4n) is 3.85. The first kappa shape index (κ1) is 13.1. The fraction of sp³-hybridized carbons (Fsp3) is 0.688. The second-order valence-electron chi connectivity index (χ2n) is 6.54. The molecule has 1 aliphatic heterocycles. The smallest absolute Gasteiger partial charge is 0.0684 e. The van der Waals surface area contributed by atoms with Crippen LogP contribution >= 0.6 is 0 Å². The maximum Gasteiger partial charge on any atom is 0.0684 e. The summed E-state index contributed by atoms with van der Waals surface area (Å²) in [6.07, 6.45) is 4.80. The van der Waals surface area contributed by atoms with E-state index < -0.39 is 0 Å². The van der Waals surface area contributed by atoms with E-state index in [9.17, 15) is 0 Å². The highest BCUT2D eigenvalue weighted by Crippen LogP contribution is 2.51. The molecule has 2 heterocycles. The Labute approximate surface area is 115 Å². The van der Waals surface area contributed by atoms with Gasteiger partial charge in [-0.1, -0.05) is 19.9 Å². The van der Waals surface area contributed by atoms with E-state index in [1.54, 1.807) is 0 Å². The molecule has 3 heteroatoms. The van der Waals surface area contributed by atoms with Crippen molar-refractivity contribution in [1.29, 1.82) is 0 Å². The van der Waals surface area contributed by atoms with Crippen molar-refractivity contribution >= 4 is 0 Å². The molecular weight excluding hydrogens is 236 g/mol. The van der Waals surface area contributed by atoms with E-state index in [0.717, 1.165) is 12.3 Å². The van der Waals surface area contributed by atoms with E-state index >= 15 is 0 Å². The quantitative estimate of drug-likeness (QED) is 0.907.